The zero-order chi connectivity index (χ0) is 13.9. The van der Waals surface area contributed by atoms with Crippen molar-refractivity contribution in [1.82, 2.24) is 0 Å². The molecule has 1 atom stereocenters. The third kappa shape index (κ3) is 2.66. The van der Waals surface area contributed by atoms with Crippen LogP contribution >= 0.6 is 0 Å². The number of methoxy groups -OCH3 is 1. The van der Waals surface area contributed by atoms with Crippen LogP contribution in [-0.4, -0.2) is 31.9 Å². The molecule has 5 nitrogen and oxygen atoms in total. The van der Waals surface area contributed by atoms with E-state index >= 15 is 0 Å². The second-order valence-corrected chi connectivity index (χ2v) is 4.98. The van der Waals surface area contributed by atoms with E-state index in [0.29, 0.717) is 13.2 Å². The van der Waals surface area contributed by atoms with Crippen LogP contribution in [0.5, 0.6) is 5.75 Å². The number of nitrogens with zero attached hydrogens (tertiary/aromatic N) is 1. The molecule has 1 aliphatic rings. The van der Waals surface area contributed by atoms with Crippen LogP contribution in [0.1, 0.15) is 19.8 Å². The lowest BCUT2D eigenvalue weighted by Crippen LogP contribution is -2.45. The van der Waals surface area contributed by atoms with Gasteiger partial charge in [0.2, 0.25) is 0 Å². The summed E-state index contributed by atoms with van der Waals surface area (Å²) in [4.78, 5) is 13.7. The molecule has 0 aromatic heterocycles. The maximum Gasteiger partial charge on any atom is 0.415 e. The van der Waals surface area contributed by atoms with Crippen LogP contribution < -0.4 is 15.4 Å². The largest absolute Gasteiger partial charge is 0.497 e. The molecule has 5 heteroatoms. The minimum absolute atomic E-state index is 0.312. The lowest BCUT2D eigenvalue weighted by atomic mass is 9.95. The van der Waals surface area contributed by atoms with Gasteiger partial charge >= 0.3 is 6.09 Å². The van der Waals surface area contributed by atoms with E-state index in [1.165, 1.54) is 0 Å². The normalized spacial score (nSPS) is 22.5. The summed E-state index contributed by atoms with van der Waals surface area (Å²) in [6.07, 6.45) is 1.35. The molecule has 1 unspecified atom stereocenters. The molecule has 0 saturated carbocycles. The summed E-state index contributed by atoms with van der Waals surface area (Å²) in [5, 5.41) is 0. The lowest BCUT2D eigenvalue weighted by molar-refractivity contribution is 0.173. The number of ether oxygens (including phenoxy) is 2. The van der Waals surface area contributed by atoms with Gasteiger partial charge in [0.05, 0.1) is 18.3 Å². The van der Waals surface area contributed by atoms with Gasteiger partial charge < -0.3 is 15.2 Å². The first-order chi connectivity index (χ1) is 9.10. The number of carbonyl (C=O) groups is 1. The Hall–Kier alpha value is -1.75. The van der Waals surface area contributed by atoms with E-state index in [1.54, 1.807) is 12.0 Å². The highest BCUT2D eigenvalue weighted by Gasteiger charge is 2.44. The molecule has 1 saturated heterocycles. The lowest BCUT2D eigenvalue weighted by Gasteiger charge is -2.32. The molecule has 104 valence electrons. The molecule has 1 aliphatic heterocycles. The van der Waals surface area contributed by atoms with Crippen LogP contribution in [0.25, 0.3) is 0 Å². The highest BCUT2D eigenvalue weighted by molar-refractivity contribution is 5.91. The monoisotopic (exact) mass is 264 g/mol. The Morgan fingerprint density at radius 2 is 2.32 bits per heavy atom. The van der Waals surface area contributed by atoms with Crippen LogP contribution in [0.15, 0.2) is 24.3 Å². The average molecular weight is 264 g/mol. The first-order valence-electron chi connectivity index (χ1n) is 6.42. The Morgan fingerprint density at radius 1 is 1.53 bits per heavy atom. The summed E-state index contributed by atoms with van der Waals surface area (Å²) in [7, 11) is 1.61. The van der Waals surface area contributed by atoms with Crippen LogP contribution in [0.3, 0.4) is 0 Å². The van der Waals surface area contributed by atoms with Crippen molar-refractivity contribution in [2.45, 2.75) is 25.3 Å². The molecule has 1 aromatic carbocycles. The standard InChI is InChI=1S/C14H20N2O3/c1-14(7-4-8-15)10-19-13(17)16(14)11-5-3-6-12(9-11)18-2/h3,5-6,9H,4,7-8,10,15H2,1-2H3. The van der Waals surface area contributed by atoms with Crippen LogP contribution in [0.2, 0.25) is 0 Å². The molecular weight excluding hydrogens is 244 g/mol. The van der Waals surface area contributed by atoms with Gasteiger partial charge in [0.1, 0.15) is 12.4 Å². The molecule has 19 heavy (non-hydrogen) atoms. The first-order valence-corrected chi connectivity index (χ1v) is 6.42. The summed E-state index contributed by atoms with van der Waals surface area (Å²) in [5.74, 6) is 0.721. The predicted octanol–water partition coefficient (Wildman–Crippen LogP) is 2.15. The van der Waals surface area contributed by atoms with Crippen molar-refractivity contribution in [2.24, 2.45) is 5.73 Å². The van der Waals surface area contributed by atoms with E-state index < -0.39 is 0 Å². The summed E-state index contributed by atoms with van der Waals surface area (Å²) in [6, 6.07) is 7.44. The van der Waals surface area contributed by atoms with Gasteiger partial charge in [0.15, 0.2) is 0 Å². The second-order valence-electron chi connectivity index (χ2n) is 4.98. The topological polar surface area (TPSA) is 64.8 Å². The average Bonchev–Trinajstić information content (AvgIpc) is 2.73. The van der Waals surface area contributed by atoms with Gasteiger partial charge in [-0.25, -0.2) is 4.79 Å². The fourth-order valence-electron chi connectivity index (χ4n) is 2.40. The smallest absolute Gasteiger partial charge is 0.415 e. The predicted molar refractivity (Wildman–Crippen MR) is 73.5 cm³/mol. The number of benzene rings is 1. The molecule has 1 fully saturated rings. The molecule has 0 spiro atoms. The van der Waals surface area contributed by atoms with E-state index in [0.717, 1.165) is 24.3 Å². The molecule has 1 heterocycles. The summed E-state index contributed by atoms with van der Waals surface area (Å²) in [6.45, 7) is 3.02. The van der Waals surface area contributed by atoms with Crippen LogP contribution in [0.4, 0.5) is 10.5 Å². The van der Waals surface area contributed by atoms with Gasteiger partial charge in [-0.1, -0.05) is 6.07 Å². The Labute approximate surface area is 113 Å². The Morgan fingerprint density at radius 3 is 3.00 bits per heavy atom. The van der Waals surface area contributed by atoms with Gasteiger partial charge in [-0.15, -0.1) is 0 Å². The molecule has 2 rings (SSSR count). The van der Waals surface area contributed by atoms with Gasteiger partial charge in [0.25, 0.3) is 0 Å². The molecule has 0 aliphatic carbocycles. The fraction of sp³-hybridized carbons (Fsp3) is 0.500. The highest BCUT2D eigenvalue weighted by atomic mass is 16.6. The molecule has 2 N–H and O–H groups in total. The molecule has 0 bridgehead atoms. The number of anilines is 1. The summed E-state index contributed by atoms with van der Waals surface area (Å²) < 4.78 is 10.4. The Bertz CT molecular complexity index is 464. The van der Waals surface area contributed by atoms with Gasteiger partial charge in [-0.2, -0.15) is 0 Å². The Balaban J connectivity index is 2.30. The maximum atomic E-state index is 12.0. The van der Waals surface area contributed by atoms with Crippen molar-refractivity contribution in [2.75, 3.05) is 25.2 Å². The van der Waals surface area contributed by atoms with Crippen LogP contribution in [0, 0.1) is 0 Å². The quantitative estimate of drug-likeness (QED) is 0.885. The number of nitrogens with two attached hydrogens (primary N) is 1. The Kier molecular flexibility index (Phi) is 3.95. The molecular formula is C14H20N2O3. The minimum atomic E-state index is -0.344. The van der Waals surface area contributed by atoms with Crippen molar-refractivity contribution in [1.29, 1.82) is 0 Å². The summed E-state index contributed by atoms with van der Waals surface area (Å²) in [5.41, 5.74) is 6.01. The number of rotatable bonds is 5. The summed E-state index contributed by atoms with van der Waals surface area (Å²) >= 11 is 0. The number of hydrogen-bond donors (Lipinski definition) is 1. The fourth-order valence-corrected chi connectivity index (χ4v) is 2.40. The first kappa shape index (κ1) is 13.7. The van der Waals surface area contributed by atoms with Gasteiger partial charge in [0, 0.05) is 6.07 Å². The third-order valence-electron chi connectivity index (χ3n) is 3.46. The molecule has 0 radical (unpaired) electrons. The van der Waals surface area contributed by atoms with Crippen molar-refractivity contribution >= 4 is 11.8 Å². The number of amides is 1. The van der Waals surface area contributed by atoms with E-state index in [9.17, 15) is 4.79 Å². The highest BCUT2D eigenvalue weighted by Crippen LogP contribution is 2.35. The zero-order valence-corrected chi connectivity index (χ0v) is 11.4. The minimum Gasteiger partial charge on any atom is -0.497 e. The van der Waals surface area contributed by atoms with E-state index in [2.05, 4.69) is 0 Å². The maximum absolute atomic E-state index is 12.0. The van der Waals surface area contributed by atoms with Crippen molar-refractivity contribution in [3.8, 4) is 5.75 Å². The number of carbonyl (C=O) groups excluding carboxylic acids is 1. The molecule has 1 amide bonds. The van der Waals surface area contributed by atoms with E-state index in [-0.39, 0.29) is 11.6 Å². The van der Waals surface area contributed by atoms with E-state index in [4.69, 9.17) is 15.2 Å². The SMILES string of the molecule is COc1cccc(N2C(=O)OCC2(C)CCCN)c1. The molecule has 1 aromatic rings. The van der Waals surface area contributed by atoms with Crippen molar-refractivity contribution in [3.63, 3.8) is 0 Å². The number of cyclic esters (lactones) is 1. The van der Waals surface area contributed by atoms with Gasteiger partial charge in [-0.05, 0) is 38.4 Å². The number of hydrogen-bond acceptors (Lipinski definition) is 4. The zero-order valence-electron chi connectivity index (χ0n) is 11.4. The van der Waals surface area contributed by atoms with E-state index in [1.807, 2.05) is 31.2 Å². The van der Waals surface area contributed by atoms with Crippen molar-refractivity contribution in [3.05, 3.63) is 24.3 Å². The third-order valence-corrected chi connectivity index (χ3v) is 3.46. The van der Waals surface area contributed by atoms with Crippen molar-refractivity contribution < 1.29 is 14.3 Å². The van der Waals surface area contributed by atoms with Gasteiger partial charge in [-0.3, -0.25) is 4.90 Å². The second kappa shape index (κ2) is 5.48. The van der Waals surface area contributed by atoms with Crippen LogP contribution in [-0.2, 0) is 4.74 Å².